The zero-order valence-electron chi connectivity index (χ0n) is 13.7. The van der Waals surface area contributed by atoms with Gasteiger partial charge in [0.05, 0.1) is 13.7 Å². The van der Waals surface area contributed by atoms with E-state index >= 15 is 0 Å². The van der Waals surface area contributed by atoms with Crippen molar-refractivity contribution >= 4 is 23.1 Å². The van der Waals surface area contributed by atoms with E-state index in [9.17, 15) is 9.59 Å². The molecule has 5 nitrogen and oxygen atoms in total. The zero-order chi connectivity index (χ0) is 17.4. The first-order valence-electron chi connectivity index (χ1n) is 7.54. The molecular weight excluding hydrogens is 304 g/mol. The second-order valence-electron chi connectivity index (χ2n) is 5.19. The monoisotopic (exact) mass is 324 g/mol. The van der Waals surface area contributed by atoms with Crippen molar-refractivity contribution in [3.05, 3.63) is 66.2 Å². The van der Waals surface area contributed by atoms with Crippen LogP contribution in [0, 0.1) is 0 Å². The molecule has 0 heterocycles. The molecule has 2 amide bonds. The molecule has 124 valence electrons. The maximum atomic E-state index is 11.9. The molecule has 0 aliphatic rings. The van der Waals surface area contributed by atoms with Crippen molar-refractivity contribution in [3.8, 4) is 5.75 Å². The van der Waals surface area contributed by atoms with Crippen LogP contribution in [0.25, 0.3) is 5.57 Å². The minimum absolute atomic E-state index is 0.0832. The SMILES string of the molecule is COc1ccc(/C(C)=C/C(=O)NCC(=O)Nc2ccccc2)cc1. The third kappa shape index (κ3) is 5.28. The predicted molar refractivity (Wildman–Crippen MR) is 94.7 cm³/mol. The summed E-state index contributed by atoms with van der Waals surface area (Å²) in [5.74, 6) is 0.171. The molecule has 24 heavy (non-hydrogen) atoms. The average Bonchev–Trinajstić information content (AvgIpc) is 2.61. The Labute approximate surface area is 141 Å². The van der Waals surface area contributed by atoms with Gasteiger partial charge in [0, 0.05) is 11.8 Å². The molecule has 2 aromatic carbocycles. The smallest absolute Gasteiger partial charge is 0.244 e. The number of nitrogens with one attached hydrogen (secondary N) is 2. The third-order valence-electron chi connectivity index (χ3n) is 3.37. The van der Waals surface area contributed by atoms with Crippen LogP contribution in [0.15, 0.2) is 60.7 Å². The molecule has 0 aromatic heterocycles. The molecule has 0 aliphatic carbocycles. The van der Waals surface area contributed by atoms with Crippen molar-refractivity contribution in [3.63, 3.8) is 0 Å². The lowest BCUT2D eigenvalue weighted by Crippen LogP contribution is -2.31. The lowest BCUT2D eigenvalue weighted by molar-refractivity contribution is -0.121. The molecule has 2 rings (SSSR count). The van der Waals surface area contributed by atoms with Crippen LogP contribution in [0.5, 0.6) is 5.75 Å². The number of ether oxygens (including phenoxy) is 1. The molecule has 0 radical (unpaired) electrons. The summed E-state index contributed by atoms with van der Waals surface area (Å²) < 4.78 is 5.10. The van der Waals surface area contributed by atoms with Gasteiger partial charge in [-0.3, -0.25) is 9.59 Å². The first-order chi connectivity index (χ1) is 11.6. The maximum Gasteiger partial charge on any atom is 0.244 e. The number of para-hydroxylation sites is 1. The van der Waals surface area contributed by atoms with Gasteiger partial charge in [-0.2, -0.15) is 0 Å². The quantitative estimate of drug-likeness (QED) is 0.803. The van der Waals surface area contributed by atoms with Gasteiger partial charge in [0.15, 0.2) is 0 Å². The van der Waals surface area contributed by atoms with E-state index in [1.54, 1.807) is 19.2 Å². The molecule has 0 bridgehead atoms. The Morgan fingerprint density at radius 3 is 2.33 bits per heavy atom. The minimum Gasteiger partial charge on any atom is -0.497 e. The molecule has 5 heteroatoms. The van der Waals surface area contributed by atoms with Gasteiger partial charge in [-0.05, 0) is 42.3 Å². The number of hydrogen-bond donors (Lipinski definition) is 2. The molecule has 0 spiro atoms. The summed E-state index contributed by atoms with van der Waals surface area (Å²) in [6.45, 7) is 1.76. The number of benzene rings is 2. The largest absolute Gasteiger partial charge is 0.497 e. The van der Waals surface area contributed by atoms with Crippen LogP contribution in [-0.4, -0.2) is 25.5 Å². The van der Waals surface area contributed by atoms with E-state index < -0.39 is 0 Å². The van der Waals surface area contributed by atoms with Crippen molar-refractivity contribution < 1.29 is 14.3 Å². The zero-order valence-corrected chi connectivity index (χ0v) is 13.7. The van der Waals surface area contributed by atoms with E-state index in [1.165, 1.54) is 6.08 Å². The van der Waals surface area contributed by atoms with Crippen LogP contribution >= 0.6 is 0 Å². The summed E-state index contributed by atoms with van der Waals surface area (Å²) in [6, 6.07) is 16.5. The third-order valence-corrected chi connectivity index (χ3v) is 3.37. The molecule has 0 saturated heterocycles. The lowest BCUT2D eigenvalue weighted by atomic mass is 10.1. The molecule has 0 unspecified atom stereocenters. The first kappa shape index (κ1) is 17.3. The standard InChI is InChI=1S/C19H20N2O3/c1-14(15-8-10-17(24-2)11-9-15)12-18(22)20-13-19(23)21-16-6-4-3-5-7-16/h3-12H,13H2,1-2H3,(H,20,22)(H,21,23)/b14-12+. The fourth-order valence-electron chi connectivity index (χ4n) is 2.08. The van der Waals surface area contributed by atoms with E-state index in [0.29, 0.717) is 5.69 Å². The minimum atomic E-state index is -0.313. The van der Waals surface area contributed by atoms with E-state index in [0.717, 1.165) is 16.9 Å². The van der Waals surface area contributed by atoms with E-state index in [-0.39, 0.29) is 18.4 Å². The van der Waals surface area contributed by atoms with Crippen LogP contribution in [0.1, 0.15) is 12.5 Å². The number of allylic oxidation sites excluding steroid dienone is 1. The van der Waals surface area contributed by atoms with Crippen molar-refractivity contribution in [2.24, 2.45) is 0 Å². The first-order valence-corrected chi connectivity index (χ1v) is 7.54. The molecule has 2 N–H and O–H groups in total. The molecule has 0 saturated carbocycles. The highest BCUT2D eigenvalue weighted by atomic mass is 16.5. The van der Waals surface area contributed by atoms with E-state index in [1.807, 2.05) is 49.4 Å². The molecule has 2 aromatic rings. The summed E-state index contributed by atoms with van der Waals surface area (Å²) >= 11 is 0. The predicted octanol–water partition coefficient (Wildman–Crippen LogP) is 2.85. The Morgan fingerprint density at radius 1 is 1.04 bits per heavy atom. The fraction of sp³-hybridized carbons (Fsp3) is 0.158. The number of methoxy groups -OCH3 is 1. The average molecular weight is 324 g/mol. The highest BCUT2D eigenvalue weighted by molar-refractivity contribution is 5.99. The molecule has 0 atom stereocenters. The Morgan fingerprint density at radius 2 is 1.71 bits per heavy atom. The van der Waals surface area contributed by atoms with Crippen LogP contribution in [0.4, 0.5) is 5.69 Å². The Hall–Kier alpha value is -3.08. The van der Waals surface area contributed by atoms with Crippen molar-refractivity contribution in [1.29, 1.82) is 0 Å². The van der Waals surface area contributed by atoms with E-state index in [2.05, 4.69) is 10.6 Å². The second kappa shape index (κ2) is 8.53. The van der Waals surface area contributed by atoms with Gasteiger partial charge >= 0.3 is 0 Å². The van der Waals surface area contributed by atoms with Crippen LogP contribution in [0.2, 0.25) is 0 Å². The number of anilines is 1. The van der Waals surface area contributed by atoms with Crippen LogP contribution in [-0.2, 0) is 9.59 Å². The number of hydrogen-bond acceptors (Lipinski definition) is 3. The lowest BCUT2D eigenvalue weighted by Gasteiger charge is -2.06. The van der Waals surface area contributed by atoms with Gasteiger partial charge in [-0.25, -0.2) is 0 Å². The second-order valence-corrected chi connectivity index (χ2v) is 5.19. The summed E-state index contributed by atoms with van der Waals surface area (Å²) in [6.07, 6.45) is 1.47. The molecular formula is C19H20N2O3. The maximum absolute atomic E-state index is 11.9. The van der Waals surface area contributed by atoms with Crippen LogP contribution < -0.4 is 15.4 Å². The Bertz CT molecular complexity index is 722. The molecule has 0 aliphatic heterocycles. The number of carbonyl (C=O) groups excluding carboxylic acids is 2. The Kier molecular flexibility index (Phi) is 6.14. The molecule has 0 fully saturated rings. The number of rotatable bonds is 6. The summed E-state index contributed by atoms with van der Waals surface area (Å²) in [5, 5.41) is 5.28. The van der Waals surface area contributed by atoms with Gasteiger partial charge in [-0.15, -0.1) is 0 Å². The topological polar surface area (TPSA) is 67.4 Å². The van der Waals surface area contributed by atoms with Gasteiger partial charge in [0.1, 0.15) is 5.75 Å². The van der Waals surface area contributed by atoms with E-state index in [4.69, 9.17) is 4.74 Å². The summed E-state index contributed by atoms with van der Waals surface area (Å²) in [4.78, 5) is 23.7. The van der Waals surface area contributed by atoms with Crippen LogP contribution in [0.3, 0.4) is 0 Å². The highest BCUT2D eigenvalue weighted by Gasteiger charge is 2.05. The fourth-order valence-corrected chi connectivity index (χ4v) is 2.08. The number of amides is 2. The highest BCUT2D eigenvalue weighted by Crippen LogP contribution is 2.17. The van der Waals surface area contributed by atoms with Crippen molar-refractivity contribution in [1.82, 2.24) is 5.32 Å². The van der Waals surface area contributed by atoms with Gasteiger partial charge in [-0.1, -0.05) is 30.3 Å². The summed E-state index contributed by atoms with van der Waals surface area (Å²) in [5.41, 5.74) is 2.42. The number of carbonyl (C=O) groups is 2. The normalized spacial score (nSPS) is 10.8. The van der Waals surface area contributed by atoms with Crippen molar-refractivity contribution in [2.45, 2.75) is 6.92 Å². The van der Waals surface area contributed by atoms with Gasteiger partial charge in [0.25, 0.3) is 0 Å². The summed E-state index contributed by atoms with van der Waals surface area (Å²) in [7, 11) is 1.60. The van der Waals surface area contributed by atoms with Crippen molar-refractivity contribution in [2.75, 3.05) is 19.0 Å². The van der Waals surface area contributed by atoms with Gasteiger partial charge in [0.2, 0.25) is 11.8 Å². The Balaban J connectivity index is 1.86. The van der Waals surface area contributed by atoms with Gasteiger partial charge < -0.3 is 15.4 Å².